The third-order valence-corrected chi connectivity index (χ3v) is 3.60. The molecule has 0 radical (unpaired) electrons. The molecule has 0 atom stereocenters. The number of hydrogen-bond donors (Lipinski definition) is 3. The Morgan fingerprint density at radius 3 is 2.43 bits per heavy atom. The molecule has 0 bridgehead atoms. The molecule has 1 heterocycles. The molecular weight excluding hydrogens is 298 g/mol. The SMILES string of the molecule is NC(=O)c1cc(NC(=O)/C=C\C(=O)O)ccc1N1CCCCC1. The first-order chi connectivity index (χ1) is 11.0. The summed E-state index contributed by atoms with van der Waals surface area (Å²) in [5, 5.41) is 11.0. The van der Waals surface area contributed by atoms with Crippen molar-refractivity contribution >= 4 is 29.2 Å². The highest BCUT2D eigenvalue weighted by Gasteiger charge is 2.18. The molecule has 7 nitrogen and oxygen atoms in total. The van der Waals surface area contributed by atoms with Crippen molar-refractivity contribution < 1.29 is 19.5 Å². The number of benzene rings is 1. The number of anilines is 2. The van der Waals surface area contributed by atoms with Gasteiger partial charge in [0.2, 0.25) is 5.91 Å². The summed E-state index contributed by atoms with van der Waals surface area (Å²) in [6, 6.07) is 4.93. The minimum atomic E-state index is -1.21. The van der Waals surface area contributed by atoms with E-state index in [1.54, 1.807) is 12.1 Å². The zero-order chi connectivity index (χ0) is 16.8. The van der Waals surface area contributed by atoms with Gasteiger partial charge < -0.3 is 21.1 Å². The van der Waals surface area contributed by atoms with E-state index in [0.29, 0.717) is 11.3 Å². The van der Waals surface area contributed by atoms with Gasteiger partial charge in [0.25, 0.3) is 5.91 Å². The van der Waals surface area contributed by atoms with Gasteiger partial charge in [-0.3, -0.25) is 9.59 Å². The lowest BCUT2D eigenvalue weighted by Crippen LogP contribution is -2.31. The predicted octanol–water partition coefficient (Wildman–Crippen LogP) is 1.36. The Hall–Kier alpha value is -2.83. The van der Waals surface area contributed by atoms with Crippen LogP contribution in [0.15, 0.2) is 30.4 Å². The summed E-state index contributed by atoms with van der Waals surface area (Å²) in [5.41, 5.74) is 6.94. The zero-order valence-electron chi connectivity index (χ0n) is 12.6. The Kier molecular flexibility index (Phi) is 5.35. The lowest BCUT2D eigenvalue weighted by molar-refractivity contribution is -0.131. The fourth-order valence-electron chi connectivity index (χ4n) is 2.55. The Morgan fingerprint density at radius 1 is 1.13 bits per heavy atom. The number of aliphatic carboxylic acids is 1. The Balaban J connectivity index is 2.20. The van der Waals surface area contributed by atoms with Gasteiger partial charge in [0.1, 0.15) is 0 Å². The number of carbonyl (C=O) groups is 3. The number of primary amides is 1. The molecule has 0 unspecified atom stereocenters. The number of hydrogen-bond acceptors (Lipinski definition) is 4. The second kappa shape index (κ2) is 7.44. The Bertz CT molecular complexity index is 649. The monoisotopic (exact) mass is 317 g/mol. The molecule has 4 N–H and O–H groups in total. The van der Waals surface area contributed by atoms with Crippen molar-refractivity contribution in [2.45, 2.75) is 19.3 Å². The minimum absolute atomic E-state index is 0.340. The third-order valence-electron chi connectivity index (χ3n) is 3.60. The van der Waals surface area contributed by atoms with E-state index in [1.165, 1.54) is 12.5 Å². The van der Waals surface area contributed by atoms with Crippen LogP contribution in [0.3, 0.4) is 0 Å². The van der Waals surface area contributed by atoms with Gasteiger partial charge in [-0.15, -0.1) is 0 Å². The molecule has 0 aliphatic carbocycles. The summed E-state index contributed by atoms with van der Waals surface area (Å²) >= 11 is 0. The summed E-state index contributed by atoms with van der Waals surface area (Å²) in [4.78, 5) is 35.8. The molecule has 2 rings (SSSR count). The van der Waals surface area contributed by atoms with Gasteiger partial charge in [0.15, 0.2) is 0 Å². The highest BCUT2D eigenvalue weighted by molar-refractivity contribution is 6.04. The van der Waals surface area contributed by atoms with Gasteiger partial charge in [0, 0.05) is 36.6 Å². The molecule has 122 valence electrons. The number of nitrogens with two attached hydrogens (primary N) is 1. The van der Waals surface area contributed by atoms with Crippen LogP contribution in [0, 0.1) is 0 Å². The van der Waals surface area contributed by atoms with E-state index in [9.17, 15) is 14.4 Å². The normalized spacial score (nSPS) is 14.7. The van der Waals surface area contributed by atoms with Gasteiger partial charge in [-0.1, -0.05) is 0 Å². The lowest BCUT2D eigenvalue weighted by Gasteiger charge is -2.30. The van der Waals surface area contributed by atoms with E-state index in [2.05, 4.69) is 10.2 Å². The van der Waals surface area contributed by atoms with Crippen molar-refractivity contribution in [1.29, 1.82) is 0 Å². The number of carboxylic acids is 1. The van der Waals surface area contributed by atoms with Crippen molar-refractivity contribution in [3.63, 3.8) is 0 Å². The molecule has 1 fully saturated rings. The molecule has 1 aliphatic rings. The average Bonchev–Trinajstić information content (AvgIpc) is 2.53. The topological polar surface area (TPSA) is 113 Å². The van der Waals surface area contributed by atoms with Crippen molar-refractivity contribution in [3.05, 3.63) is 35.9 Å². The maximum Gasteiger partial charge on any atom is 0.328 e. The summed E-state index contributed by atoms with van der Waals surface area (Å²) in [7, 11) is 0. The average molecular weight is 317 g/mol. The molecule has 1 aromatic carbocycles. The van der Waals surface area contributed by atoms with E-state index >= 15 is 0 Å². The van der Waals surface area contributed by atoms with Crippen LogP contribution in [0.1, 0.15) is 29.6 Å². The summed E-state index contributed by atoms with van der Waals surface area (Å²) < 4.78 is 0. The maximum atomic E-state index is 11.7. The van der Waals surface area contributed by atoms with E-state index in [4.69, 9.17) is 10.8 Å². The van der Waals surface area contributed by atoms with E-state index in [1.807, 2.05) is 0 Å². The molecule has 7 heteroatoms. The largest absolute Gasteiger partial charge is 0.478 e. The fraction of sp³-hybridized carbons (Fsp3) is 0.312. The van der Waals surface area contributed by atoms with E-state index < -0.39 is 17.8 Å². The molecule has 1 aromatic rings. The predicted molar refractivity (Wildman–Crippen MR) is 86.4 cm³/mol. The highest BCUT2D eigenvalue weighted by Crippen LogP contribution is 2.26. The number of nitrogens with zero attached hydrogens (tertiary/aromatic N) is 1. The summed E-state index contributed by atoms with van der Waals surface area (Å²) in [5.74, 6) is -2.37. The number of carboxylic acid groups (broad SMARTS) is 1. The van der Waals surface area contributed by atoms with Crippen LogP contribution < -0.4 is 16.0 Å². The first-order valence-corrected chi connectivity index (χ1v) is 7.38. The van der Waals surface area contributed by atoms with Crippen LogP contribution in [0.5, 0.6) is 0 Å². The first kappa shape index (κ1) is 16.5. The molecule has 0 saturated carbocycles. The lowest BCUT2D eigenvalue weighted by atomic mass is 10.1. The molecule has 2 amide bonds. The molecule has 1 aliphatic heterocycles. The number of nitrogens with one attached hydrogen (secondary N) is 1. The quantitative estimate of drug-likeness (QED) is 0.710. The van der Waals surface area contributed by atoms with Crippen LogP contribution in [-0.4, -0.2) is 36.0 Å². The van der Waals surface area contributed by atoms with Crippen LogP contribution in [0.25, 0.3) is 0 Å². The molecule has 23 heavy (non-hydrogen) atoms. The van der Waals surface area contributed by atoms with Gasteiger partial charge in [-0.05, 0) is 37.5 Å². The van der Waals surface area contributed by atoms with E-state index in [0.717, 1.165) is 43.8 Å². The number of rotatable bonds is 5. The second-order valence-electron chi connectivity index (χ2n) is 5.30. The van der Waals surface area contributed by atoms with Gasteiger partial charge in [-0.25, -0.2) is 4.79 Å². The summed E-state index contributed by atoms with van der Waals surface area (Å²) in [6.07, 6.45) is 4.96. The van der Waals surface area contributed by atoms with Gasteiger partial charge in [0.05, 0.1) is 5.56 Å². The van der Waals surface area contributed by atoms with Crippen molar-refractivity contribution in [3.8, 4) is 0 Å². The third kappa shape index (κ3) is 4.57. The minimum Gasteiger partial charge on any atom is -0.478 e. The smallest absolute Gasteiger partial charge is 0.328 e. The van der Waals surface area contributed by atoms with Crippen LogP contribution in [0.4, 0.5) is 11.4 Å². The van der Waals surface area contributed by atoms with Crippen LogP contribution >= 0.6 is 0 Å². The van der Waals surface area contributed by atoms with Crippen LogP contribution in [-0.2, 0) is 9.59 Å². The van der Waals surface area contributed by atoms with Crippen LogP contribution in [0.2, 0.25) is 0 Å². The fourth-order valence-corrected chi connectivity index (χ4v) is 2.55. The molecule has 1 saturated heterocycles. The second-order valence-corrected chi connectivity index (χ2v) is 5.30. The summed E-state index contributed by atoms with van der Waals surface area (Å²) in [6.45, 7) is 1.74. The van der Waals surface area contributed by atoms with Crippen molar-refractivity contribution in [2.24, 2.45) is 5.73 Å². The van der Waals surface area contributed by atoms with Gasteiger partial charge in [-0.2, -0.15) is 0 Å². The molecular formula is C16H19N3O4. The van der Waals surface area contributed by atoms with Crippen molar-refractivity contribution in [1.82, 2.24) is 0 Å². The zero-order valence-corrected chi connectivity index (χ0v) is 12.6. The number of carbonyl (C=O) groups excluding carboxylic acids is 2. The standard InChI is InChI=1S/C16H19N3O4/c17-16(23)12-10-11(18-14(20)6-7-15(21)22)4-5-13(12)19-8-2-1-3-9-19/h4-7,10H,1-3,8-9H2,(H2,17,23)(H,18,20)(H,21,22)/b7-6-. The molecule has 0 spiro atoms. The number of amides is 2. The van der Waals surface area contributed by atoms with Crippen molar-refractivity contribution in [2.75, 3.05) is 23.3 Å². The number of piperidine rings is 1. The Morgan fingerprint density at radius 2 is 1.83 bits per heavy atom. The first-order valence-electron chi connectivity index (χ1n) is 7.38. The maximum absolute atomic E-state index is 11.7. The van der Waals surface area contributed by atoms with E-state index in [-0.39, 0.29) is 0 Å². The highest BCUT2D eigenvalue weighted by atomic mass is 16.4. The molecule has 0 aromatic heterocycles. The Labute approximate surface area is 133 Å². The van der Waals surface area contributed by atoms with Gasteiger partial charge >= 0.3 is 5.97 Å².